The Morgan fingerprint density at radius 2 is 2.04 bits per heavy atom. The van der Waals surface area contributed by atoms with Crippen LogP contribution in [-0.2, 0) is 6.42 Å². The van der Waals surface area contributed by atoms with Crippen LogP contribution in [0.4, 0.5) is 4.39 Å². The first-order valence-corrected chi connectivity index (χ1v) is 8.55. The Morgan fingerprint density at radius 3 is 2.64 bits per heavy atom. The van der Waals surface area contributed by atoms with Gasteiger partial charge in [-0.2, -0.15) is 0 Å². The van der Waals surface area contributed by atoms with E-state index in [0.29, 0.717) is 25.2 Å². The van der Waals surface area contributed by atoms with Gasteiger partial charge in [0.15, 0.2) is 0 Å². The van der Waals surface area contributed by atoms with E-state index in [2.05, 4.69) is 11.9 Å². The van der Waals surface area contributed by atoms with Gasteiger partial charge in [-0.1, -0.05) is 19.1 Å². The van der Waals surface area contributed by atoms with Crippen molar-refractivity contribution in [1.29, 1.82) is 0 Å². The molecule has 2 N–H and O–H groups in total. The zero-order valence-corrected chi connectivity index (χ0v) is 16.4. The molecule has 2 aromatic rings. The fourth-order valence-electron chi connectivity index (χ4n) is 2.79. The third kappa shape index (κ3) is 5.14. The van der Waals surface area contributed by atoms with E-state index in [9.17, 15) is 9.18 Å². The molecule has 25 heavy (non-hydrogen) atoms. The van der Waals surface area contributed by atoms with E-state index in [1.54, 1.807) is 17.5 Å². The standard InChI is InChI=1S/C17H20FN3OS.2ClH/c1-17(10-19)6-7-21(11-17)16(22)14-9-23-15(20-14)8-12-2-4-13(18)5-3-12;;/h2-5,9H,6-8,10-11,19H2,1H3;2*1H. The van der Waals surface area contributed by atoms with E-state index in [4.69, 9.17) is 5.73 Å². The average Bonchev–Trinajstić information content (AvgIpc) is 3.17. The van der Waals surface area contributed by atoms with Crippen LogP contribution >= 0.6 is 36.2 Å². The Kier molecular flexibility index (Phi) is 7.81. The Labute approximate surface area is 163 Å². The van der Waals surface area contributed by atoms with E-state index in [0.717, 1.165) is 23.5 Å². The molecule has 0 radical (unpaired) electrons. The summed E-state index contributed by atoms with van der Waals surface area (Å²) in [5.41, 5.74) is 7.28. The lowest BCUT2D eigenvalue weighted by Crippen LogP contribution is -2.34. The predicted octanol–water partition coefficient (Wildman–Crippen LogP) is 3.53. The minimum absolute atomic E-state index is 0. The molecule has 1 saturated heterocycles. The molecule has 0 saturated carbocycles. The van der Waals surface area contributed by atoms with Crippen molar-refractivity contribution in [2.45, 2.75) is 19.8 Å². The Morgan fingerprint density at radius 1 is 1.36 bits per heavy atom. The fourth-order valence-corrected chi connectivity index (χ4v) is 3.60. The number of thiazole rings is 1. The molecule has 0 aliphatic carbocycles. The van der Waals surface area contributed by atoms with Crippen LogP contribution in [-0.4, -0.2) is 35.4 Å². The Balaban J connectivity index is 0.00000156. The van der Waals surface area contributed by atoms with Gasteiger partial charge in [-0.05, 0) is 36.1 Å². The van der Waals surface area contributed by atoms with E-state index >= 15 is 0 Å². The maximum Gasteiger partial charge on any atom is 0.273 e. The third-order valence-corrected chi connectivity index (χ3v) is 5.23. The van der Waals surface area contributed by atoms with Gasteiger partial charge in [0.1, 0.15) is 11.5 Å². The van der Waals surface area contributed by atoms with Gasteiger partial charge in [0.25, 0.3) is 5.91 Å². The fraction of sp³-hybridized carbons (Fsp3) is 0.412. The number of hydrogen-bond acceptors (Lipinski definition) is 4. The van der Waals surface area contributed by atoms with Gasteiger partial charge in [-0.25, -0.2) is 9.37 Å². The van der Waals surface area contributed by atoms with Crippen LogP contribution in [0.2, 0.25) is 0 Å². The second-order valence-corrected chi connectivity index (χ2v) is 7.36. The SMILES string of the molecule is CC1(CN)CCN(C(=O)c2csc(Cc3ccc(F)cc3)n2)C1.Cl.Cl. The van der Waals surface area contributed by atoms with Crippen molar-refractivity contribution in [3.8, 4) is 0 Å². The Hall–Kier alpha value is -1.21. The van der Waals surface area contributed by atoms with Gasteiger partial charge in [0.05, 0.1) is 5.01 Å². The van der Waals surface area contributed by atoms with Gasteiger partial charge >= 0.3 is 0 Å². The predicted molar refractivity (Wildman–Crippen MR) is 103 cm³/mol. The minimum Gasteiger partial charge on any atom is -0.337 e. The summed E-state index contributed by atoms with van der Waals surface area (Å²) in [6.45, 7) is 4.12. The summed E-state index contributed by atoms with van der Waals surface area (Å²) in [4.78, 5) is 18.8. The maximum atomic E-state index is 12.9. The van der Waals surface area contributed by atoms with Crippen molar-refractivity contribution in [3.63, 3.8) is 0 Å². The van der Waals surface area contributed by atoms with Crippen LogP contribution in [0.5, 0.6) is 0 Å². The number of rotatable bonds is 4. The van der Waals surface area contributed by atoms with Crippen LogP contribution in [0, 0.1) is 11.2 Å². The molecule has 1 aliphatic rings. The maximum absolute atomic E-state index is 12.9. The summed E-state index contributed by atoms with van der Waals surface area (Å²) in [7, 11) is 0. The molecule has 1 aromatic carbocycles. The van der Waals surface area contributed by atoms with Crippen LogP contribution in [0.3, 0.4) is 0 Å². The number of benzene rings is 1. The number of amides is 1. The number of nitrogens with zero attached hydrogens (tertiary/aromatic N) is 2. The molecule has 2 heterocycles. The van der Waals surface area contributed by atoms with Crippen LogP contribution in [0.15, 0.2) is 29.6 Å². The smallest absolute Gasteiger partial charge is 0.273 e. The highest BCUT2D eigenvalue weighted by Gasteiger charge is 2.35. The number of hydrogen-bond donors (Lipinski definition) is 1. The van der Waals surface area contributed by atoms with E-state index in [1.165, 1.54) is 23.5 Å². The van der Waals surface area contributed by atoms with Crippen LogP contribution < -0.4 is 5.73 Å². The molecule has 8 heteroatoms. The lowest BCUT2D eigenvalue weighted by molar-refractivity contribution is 0.0771. The first kappa shape index (κ1) is 21.8. The molecule has 1 atom stereocenters. The molecule has 3 rings (SSSR count). The zero-order valence-electron chi connectivity index (χ0n) is 13.9. The van der Waals surface area contributed by atoms with E-state index in [-0.39, 0.29) is 42.0 Å². The van der Waals surface area contributed by atoms with E-state index < -0.39 is 0 Å². The molecule has 1 aromatic heterocycles. The first-order chi connectivity index (χ1) is 11.0. The molecular weight excluding hydrogens is 384 g/mol. The van der Waals surface area contributed by atoms with Gasteiger partial charge in [-0.15, -0.1) is 36.2 Å². The van der Waals surface area contributed by atoms with Crippen molar-refractivity contribution in [3.05, 3.63) is 51.7 Å². The minimum atomic E-state index is -0.249. The molecule has 4 nitrogen and oxygen atoms in total. The van der Waals surface area contributed by atoms with Gasteiger partial charge in [0, 0.05) is 24.9 Å². The zero-order chi connectivity index (χ0) is 16.4. The quantitative estimate of drug-likeness (QED) is 0.845. The number of likely N-dealkylation sites (tertiary alicyclic amines) is 1. The molecule has 1 amide bonds. The topological polar surface area (TPSA) is 59.2 Å². The summed E-state index contributed by atoms with van der Waals surface area (Å²) in [5.74, 6) is -0.274. The lowest BCUT2D eigenvalue weighted by Gasteiger charge is -2.22. The second-order valence-electron chi connectivity index (χ2n) is 6.42. The second kappa shape index (κ2) is 8.94. The molecule has 0 spiro atoms. The van der Waals surface area contributed by atoms with Crippen molar-refractivity contribution in [2.24, 2.45) is 11.1 Å². The van der Waals surface area contributed by atoms with Crippen LogP contribution in [0.25, 0.3) is 0 Å². The summed E-state index contributed by atoms with van der Waals surface area (Å²) < 4.78 is 12.9. The number of nitrogens with two attached hydrogens (primary N) is 1. The molecular formula is C17H22Cl2FN3OS. The molecule has 138 valence electrons. The highest BCUT2D eigenvalue weighted by atomic mass is 35.5. The third-order valence-electron chi connectivity index (χ3n) is 4.38. The first-order valence-electron chi connectivity index (χ1n) is 7.67. The molecule has 1 aliphatic heterocycles. The largest absolute Gasteiger partial charge is 0.337 e. The van der Waals surface area contributed by atoms with Gasteiger partial charge < -0.3 is 10.6 Å². The average molecular weight is 406 g/mol. The normalized spacial score (nSPS) is 19.2. The molecule has 1 unspecified atom stereocenters. The lowest BCUT2D eigenvalue weighted by atomic mass is 9.90. The van der Waals surface area contributed by atoms with Crippen molar-refractivity contribution in [2.75, 3.05) is 19.6 Å². The van der Waals surface area contributed by atoms with E-state index in [1.807, 2.05) is 4.90 Å². The van der Waals surface area contributed by atoms with Crippen molar-refractivity contribution >= 4 is 42.1 Å². The summed E-state index contributed by atoms with van der Waals surface area (Å²) in [5, 5.41) is 2.67. The van der Waals surface area contributed by atoms with Gasteiger partial charge in [-0.3, -0.25) is 4.79 Å². The monoisotopic (exact) mass is 405 g/mol. The number of halogens is 3. The van der Waals surface area contributed by atoms with Gasteiger partial charge in [0.2, 0.25) is 0 Å². The van der Waals surface area contributed by atoms with Crippen LogP contribution in [0.1, 0.15) is 34.4 Å². The van der Waals surface area contributed by atoms with Crippen molar-refractivity contribution < 1.29 is 9.18 Å². The molecule has 1 fully saturated rings. The number of carbonyl (C=O) groups is 1. The highest BCUT2D eigenvalue weighted by Crippen LogP contribution is 2.29. The number of aromatic nitrogens is 1. The highest BCUT2D eigenvalue weighted by molar-refractivity contribution is 7.09. The summed E-state index contributed by atoms with van der Waals surface area (Å²) in [6.07, 6.45) is 1.54. The Bertz CT molecular complexity index is 710. The summed E-state index contributed by atoms with van der Waals surface area (Å²) >= 11 is 1.46. The van der Waals surface area contributed by atoms with Crippen molar-refractivity contribution in [1.82, 2.24) is 9.88 Å². The summed E-state index contributed by atoms with van der Waals surface area (Å²) in [6, 6.07) is 6.36. The number of carbonyl (C=O) groups excluding carboxylic acids is 1. The molecule has 0 bridgehead atoms.